The largest absolute Gasteiger partial charge is 0.351 e. The van der Waals surface area contributed by atoms with E-state index in [9.17, 15) is 14.4 Å². The number of nitrogens with one attached hydrogen (secondary N) is 1. The number of benzene rings is 2. The van der Waals surface area contributed by atoms with Gasteiger partial charge in [-0.3, -0.25) is 19.5 Å². The smallest absolute Gasteiger partial charge is 0.318 e. The van der Waals surface area contributed by atoms with Crippen LogP contribution in [0.5, 0.6) is 0 Å². The summed E-state index contributed by atoms with van der Waals surface area (Å²) in [4.78, 5) is 40.8. The number of carbonyl (C=O) groups is 2. The van der Waals surface area contributed by atoms with Gasteiger partial charge in [0.1, 0.15) is 0 Å². The maximum Gasteiger partial charge on any atom is 0.318 e. The fraction of sp³-hybridized carbons (Fsp3) is 0.200. The number of amides is 3. The Morgan fingerprint density at radius 3 is 2.50 bits per heavy atom. The number of hydrogen-bond donors (Lipinski definition) is 2. The summed E-state index contributed by atoms with van der Waals surface area (Å²) in [7, 11) is 0. The van der Waals surface area contributed by atoms with E-state index in [2.05, 4.69) is 17.2 Å². The molecule has 0 aliphatic carbocycles. The van der Waals surface area contributed by atoms with Gasteiger partial charge in [0.2, 0.25) is 5.91 Å². The Balaban J connectivity index is 2.12. The number of nitrogens with zero attached hydrogens (tertiary/aromatic N) is 2. The number of rotatable bonds is 5. The second-order valence-corrected chi connectivity index (χ2v) is 7.49. The Bertz CT molecular complexity index is 1090. The van der Waals surface area contributed by atoms with Crippen molar-refractivity contribution in [2.75, 3.05) is 0 Å². The molecule has 0 unspecified atom stereocenters. The first kappa shape index (κ1) is 19.6. The molecule has 3 N–H and O–H groups in total. The number of nitrogens with two attached hydrogens (primary N) is 1. The maximum atomic E-state index is 13.2. The van der Waals surface area contributed by atoms with E-state index in [0.717, 1.165) is 23.7 Å². The number of fused-ring (bicyclic) bond motifs is 1. The lowest BCUT2D eigenvalue weighted by Gasteiger charge is -2.16. The quantitative estimate of drug-likeness (QED) is 0.509. The van der Waals surface area contributed by atoms with Gasteiger partial charge in [0, 0.05) is 0 Å². The number of hydrogen-bond acceptors (Lipinski definition) is 5. The van der Waals surface area contributed by atoms with E-state index >= 15 is 0 Å². The highest BCUT2D eigenvalue weighted by molar-refractivity contribution is 8.00. The first-order valence-corrected chi connectivity index (χ1v) is 9.66. The molecule has 0 saturated carbocycles. The summed E-state index contributed by atoms with van der Waals surface area (Å²) in [5.74, 6) is -0.548. The number of aryl methyl sites for hydroxylation is 1. The van der Waals surface area contributed by atoms with Crippen molar-refractivity contribution < 1.29 is 9.59 Å². The van der Waals surface area contributed by atoms with Crippen molar-refractivity contribution in [1.29, 1.82) is 0 Å². The van der Waals surface area contributed by atoms with Crippen LogP contribution < -0.4 is 16.6 Å². The van der Waals surface area contributed by atoms with Crippen LogP contribution >= 0.6 is 11.8 Å². The number of primary amides is 1. The van der Waals surface area contributed by atoms with Crippen molar-refractivity contribution in [2.45, 2.75) is 30.7 Å². The molecule has 0 bridgehead atoms. The van der Waals surface area contributed by atoms with Gasteiger partial charge in [0.25, 0.3) is 5.56 Å². The van der Waals surface area contributed by atoms with E-state index in [1.165, 1.54) is 4.57 Å². The summed E-state index contributed by atoms with van der Waals surface area (Å²) in [6.07, 6.45) is 0.886. The molecule has 0 fully saturated rings. The molecule has 3 aromatic rings. The lowest BCUT2D eigenvalue weighted by molar-refractivity contribution is -0.119. The molecule has 0 radical (unpaired) electrons. The first-order valence-electron chi connectivity index (χ1n) is 8.78. The summed E-state index contributed by atoms with van der Waals surface area (Å²) in [6, 6.07) is 13.8. The third-order valence-corrected chi connectivity index (χ3v) is 5.30. The van der Waals surface area contributed by atoms with Crippen molar-refractivity contribution in [3.8, 4) is 5.69 Å². The Morgan fingerprint density at radius 2 is 1.86 bits per heavy atom. The molecule has 3 rings (SSSR count). The summed E-state index contributed by atoms with van der Waals surface area (Å²) in [6.45, 7) is 3.67. The van der Waals surface area contributed by atoms with E-state index in [-0.39, 0.29) is 5.56 Å². The van der Waals surface area contributed by atoms with Crippen molar-refractivity contribution >= 4 is 34.6 Å². The van der Waals surface area contributed by atoms with Crippen LogP contribution in [0.4, 0.5) is 4.79 Å². The molecular formula is C20H20N4O3S. The van der Waals surface area contributed by atoms with Gasteiger partial charge >= 0.3 is 6.03 Å². The van der Waals surface area contributed by atoms with Gasteiger partial charge in [-0.15, -0.1) is 0 Å². The summed E-state index contributed by atoms with van der Waals surface area (Å²) in [5.41, 5.74) is 7.14. The zero-order valence-corrected chi connectivity index (χ0v) is 16.3. The number of imide groups is 1. The van der Waals surface area contributed by atoms with Gasteiger partial charge in [-0.05, 0) is 43.2 Å². The Hall–Kier alpha value is -3.13. The van der Waals surface area contributed by atoms with Gasteiger partial charge in [-0.1, -0.05) is 43.0 Å². The van der Waals surface area contributed by atoms with Crippen molar-refractivity contribution in [1.82, 2.24) is 14.9 Å². The minimum Gasteiger partial charge on any atom is -0.351 e. The van der Waals surface area contributed by atoms with Gasteiger partial charge in [0.15, 0.2) is 5.16 Å². The van der Waals surface area contributed by atoms with Crippen LogP contribution in [0.3, 0.4) is 0 Å². The summed E-state index contributed by atoms with van der Waals surface area (Å²) in [5, 5.41) is 2.22. The molecule has 7 nitrogen and oxygen atoms in total. The first-order chi connectivity index (χ1) is 13.4. The van der Waals surface area contributed by atoms with Crippen LogP contribution in [0.2, 0.25) is 0 Å². The zero-order chi connectivity index (χ0) is 20.3. The van der Waals surface area contributed by atoms with Crippen molar-refractivity contribution in [3.05, 3.63) is 64.4 Å². The minimum absolute atomic E-state index is 0.222. The standard InChI is InChI=1S/C20H20N4O3S/c1-3-13-8-10-14(11-9-13)24-18(26)15-6-4-5-7-16(15)22-20(24)28-12(2)17(25)23-19(21)27/h4-12H,3H2,1-2H3,(H3,21,23,25,27)/t12-/m0/s1. The van der Waals surface area contributed by atoms with Crippen molar-refractivity contribution in [3.63, 3.8) is 0 Å². The van der Waals surface area contributed by atoms with E-state index < -0.39 is 17.2 Å². The summed E-state index contributed by atoms with van der Waals surface area (Å²) >= 11 is 1.09. The molecule has 0 saturated heterocycles. The number of carbonyl (C=O) groups excluding carboxylic acids is 2. The lowest BCUT2D eigenvalue weighted by atomic mass is 10.1. The van der Waals surface area contributed by atoms with E-state index in [1.54, 1.807) is 31.2 Å². The highest BCUT2D eigenvalue weighted by Crippen LogP contribution is 2.25. The molecule has 8 heteroatoms. The lowest BCUT2D eigenvalue weighted by Crippen LogP contribution is -2.39. The van der Waals surface area contributed by atoms with Gasteiger partial charge < -0.3 is 5.73 Å². The van der Waals surface area contributed by atoms with E-state index in [1.807, 2.05) is 24.3 Å². The monoisotopic (exact) mass is 396 g/mol. The predicted molar refractivity (Wildman–Crippen MR) is 110 cm³/mol. The molecule has 28 heavy (non-hydrogen) atoms. The zero-order valence-electron chi connectivity index (χ0n) is 15.5. The van der Waals surface area contributed by atoms with Crippen molar-refractivity contribution in [2.24, 2.45) is 5.73 Å². The topological polar surface area (TPSA) is 107 Å². The van der Waals surface area contributed by atoms with Gasteiger partial charge in [0.05, 0.1) is 21.8 Å². The second-order valence-electron chi connectivity index (χ2n) is 6.19. The normalized spacial score (nSPS) is 11.9. The van der Waals surface area contributed by atoms with Crippen LogP contribution in [0.1, 0.15) is 19.4 Å². The Kier molecular flexibility index (Phi) is 5.79. The SMILES string of the molecule is CCc1ccc(-n2c(S[C@@H](C)C(=O)NC(N)=O)nc3ccccc3c2=O)cc1. The highest BCUT2D eigenvalue weighted by Gasteiger charge is 2.21. The van der Waals surface area contributed by atoms with Crippen LogP contribution in [0.15, 0.2) is 58.5 Å². The molecule has 1 heterocycles. The third kappa shape index (κ3) is 4.07. The molecule has 2 aromatic carbocycles. The van der Waals surface area contributed by atoms with Crippen LogP contribution in [-0.2, 0) is 11.2 Å². The molecule has 1 atom stereocenters. The molecular weight excluding hydrogens is 376 g/mol. The minimum atomic E-state index is -0.920. The van der Waals surface area contributed by atoms with E-state index in [0.29, 0.717) is 21.7 Å². The van der Waals surface area contributed by atoms with E-state index in [4.69, 9.17) is 5.73 Å². The molecule has 1 aromatic heterocycles. The molecule has 0 aliphatic rings. The molecule has 0 spiro atoms. The number of urea groups is 1. The molecule has 3 amide bonds. The van der Waals surface area contributed by atoms with Gasteiger partial charge in [-0.2, -0.15) is 0 Å². The summed E-state index contributed by atoms with van der Waals surface area (Å²) < 4.78 is 1.49. The van der Waals surface area contributed by atoms with Crippen LogP contribution in [0.25, 0.3) is 16.6 Å². The average Bonchev–Trinajstić information content (AvgIpc) is 2.68. The fourth-order valence-electron chi connectivity index (χ4n) is 2.73. The van der Waals surface area contributed by atoms with Crippen LogP contribution in [-0.4, -0.2) is 26.7 Å². The second kappa shape index (κ2) is 8.26. The Morgan fingerprint density at radius 1 is 1.18 bits per heavy atom. The number of aromatic nitrogens is 2. The Labute approximate surface area is 166 Å². The molecule has 0 aliphatic heterocycles. The maximum absolute atomic E-state index is 13.2. The molecule has 144 valence electrons. The number of para-hydroxylation sites is 1. The highest BCUT2D eigenvalue weighted by atomic mass is 32.2. The number of thioether (sulfide) groups is 1. The fourth-order valence-corrected chi connectivity index (χ4v) is 3.66. The van der Waals surface area contributed by atoms with Gasteiger partial charge in [-0.25, -0.2) is 9.78 Å². The van der Waals surface area contributed by atoms with Crippen LogP contribution in [0, 0.1) is 0 Å². The average molecular weight is 396 g/mol. The predicted octanol–water partition coefficient (Wildman–Crippen LogP) is 2.62. The third-order valence-electron chi connectivity index (χ3n) is 4.25.